The van der Waals surface area contributed by atoms with Crippen molar-refractivity contribution in [1.82, 2.24) is 4.31 Å². The molecule has 2 N–H and O–H groups in total. The molecule has 0 saturated heterocycles. The van der Waals surface area contributed by atoms with E-state index in [-0.39, 0.29) is 27.6 Å². The Morgan fingerprint density at radius 1 is 1.00 bits per heavy atom. The number of para-hydroxylation sites is 1. The number of carbonyl (C=O) groups is 3. The number of rotatable bonds is 10. The number of carbonyl (C=O) groups excluding carboxylic acids is 3. The van der Waals surface area contributed by atoms with Gasteiger partial charge in [0.05, 0.1) is 22.4 Å². The second kappa shape index (κ2) is 11.8. The normalized spacial score (nSPS) is 12.1. The van der Waals surface area contributed by atoms with E-state index in [4.69, 9.17) is 9.15 Å². The molecule has 11 heteroatoms. The average molecular weight is 528 g/mol. The molecule has 3 rings (SSSR count). The smallest absolute Gasteiger partial charge is 0.341 e. The van der Waals surface area contributed by atoms with Gasteiger partial charge >= 0.3 is 5.97 Å². The van der Waals surface area contributed by atoms with E-state index in [0.717, 1.165) is 0 Å². The van der Waals surface area contributed by atoms with E-state index >= 15 is 0 Å². The summed E-state index contributed by atoms with van der Waals surface area (Å²) in [5.74, 6) is -1.96. The van der Waals surface area contributed by atoms with Gasteiger partial charge < -0.3 is 19.8 Å². The van der Waals surface area contributed by atoms with Gasteiger partial charge in [0, 0.05) is 18.8 Å². The number of esters is 1. The van der Waals surface area contributed by atoms with Crippen LogP contribution in [0.4, 0.5) is 11.4 Å². The van der Waals surface area contributed by atoms with E-state index in [1.165, 1.54) is 41.8 Å². The van der Waals surface area contributed by atoms with Crippen LogP contribution in [0, 0.1) is 6.92 Å². The molecule has 1 atom stereocenters. The minimum absolute atomic E-state index is 0.0463. The Hall–Kier alpha value is -3.96. The highest BCUT2D eigenvalue weighted by Gasteiger charge is 2.26. The quantitative estimate of drug-likeness (QED) is 0.380. The molecule has 0 spiro atoms. The molecule has 0 bridgehead atoms. The molecule has 0 aliphatic carbocycles. The third-order valence-corrected chi connectivity index (χ3v) is 7.76. The number of hydrogen-bond acceptors (Lipinski definition) is 7. The summed E-state index contributed by atoms with van der Waals surface area (Å²) in [6, 6.07) is 13.8. The van der Waals surface area contributed by atoms with Gasteiger partial charge in [-0.1, -0.05) is 32.0 Å². The van der Waals surface area contributed by atoms with Gasteiger partial charge in [0.1, 0.15) is 0 Å². The van der Waals surface area contributed by atoms with Crippen LogP contribution in [0.1, 0.15) is 47.2 Å². The molecule has 2 amide bonds. The third kappa shape index (κ3) is 6.43. The SMILES string of the molecule is CCN(CC)S(=O)(=O)c1cc(NC(=O)[C@H](C)OC(=O)c2ccccc2NC(=O)c2ccco2)ccc1C. The molecule has 1 aromatic heterocycles. The predicted molar refractivity (Wildman–Crippen MR) is 138 cm³/mol. The summed E-state index contributed by atoms with van der Waals surface area (Å²) in [5.41, 5.74) is 1.02. The van der Waals surface area contributed by atoms with Gasteiger partial charge in [0.15, 0.2) is 11.9 Å². The lowest BCUT2D eigenvalue weighted by Crippen LogP contribution is -2.32. The number of sulfonamides is 1. The lowest BCUT2D eigenvalue weighted by Gasteiger charge is -2.20. The maximum atomic E-state index is 13.0. The molecule has 0 saturated carbocycles. The first-order valence-corrected chi connectivity index (χ1v) is 13.1. The monoisotopic (exact) mass is 527 g/mol. The van der Waals surface area contributed by atoms with Gasteiger partial charge in [0.25, 0.3) is 11.8 Å². The van der Waals surface area contributed by atoms with Gasteiger partial charge in [-0.15, -0.1) is 0 Å². The summed E-state index contributed by atoms with van der Waals surface area (Å²) < 4.78 is 37.7. The van der Waals surface area contributed by atoms with E-state index in [1.54, 1.807) is 51.1 Å². The number of anilines is 2. The first-order chi connectivity index (χ1) is 17.6. The zero-order valence-corrected chi connectivity index (χ0v) is 21.8. The molecule has 0 aliphatic rings. The van der Waals surface area contributed by atoms with Crippen molar-refractivity contribution in [3.63, 3.8) is 0 Å². The van der Waals surface area contributed by atoms with Crippen molar-refractivity contribution in [2.24, 2.45) is 0 Å². The summed E-state index contributed by atoms with van der Waals surface area (Å²) in [5, 5.41) is 5.18. The highest BCUT2D eigenvalue weighted by molar-refractivity contribution is 7.89. The molecule has 196 valence electrons. The van der Waals surface area contributed by atoms with Crippen LogP contribution in [0.15, 0.2) is 70.2 Å². The number of nitrogens with one attached hydrogen (secondary N) is 2. The molecule has 0 unspecified atom stereocenters. The molecule has 10 nitrogen and oxygen atoms in total. The van der Waals surface area contributed by atoms with E-state index < -0.39 is 33.9 Å². The Bertz CT molecular complexity index is 1380. The molecule has 3 aromatic rings. The predicted octanol–water partition coefficient (Wildman–Crippen LogP) is 4.05. The van der Waals surface area contributed by atoms with Gasteiger partial charge in [-0.25, -0.2) is 13.2 Å². The average Bonchev–Trinajstić information content (AvgIpc) is 3.41. The standard InChI is InChI=1S/C26H29N3O7S/c1-5-29(6-2)37(33,34)23-16-19(14-13-17(23)3)27-24(30)18(4)36-26(32)20-10-7-8-11-21(20)28-25(31)22-12-9-15-35-22/h7-16,18H,5-6H2,1-4H3,(H,27,30)(H,28,31)/t18-/m0/s1. The van der Waals surface area contributed by atoms with Crippen LogP contribution in [-0.2, 0) is 19.6 Å². The summed E-state index contributed by atoms with van der Waals surface area (Å²) in [4.78, 5) is 38.0. The molecular formula is C26H29N3O7S. The number of aryl methyl sites for hydroxylation is 1. The maximum Gasteiger partial charge on any atom is 0.341 e. The van der Waals surface area contributed by atoms with Crippen molar-refractivity contribution < 1.29 is 32.0 Å². The Labute approximate surface area is 215 Å². The summed E-state index contributed by atoms with van der Waals surface area (Å²) in [6.45, 7) is 7.18. The second-order valence-corrected chi connectivity index (χ2v) is 9.99. The van der Waals surface area contributed by atoms with Crippen LogP contribution in [0.2, 0.25) is 0 Å². The Morgan fingerprint density at radius 2 is 1.70 bits per heavy atom. The molecule has 0 fully saturated rings. The van der Waals surface area contributed by atoms with E-state index in [2.05, 4.69) is 10.6 Å². The Kier molecular flexibility index (Phi) is 8.85. The Morgan fingerprint density at radius 3 is 2.35 bits per heavy atom. The largest absolute Gasteiger partial charge is 0.459 e. The fourth-order valence-corrected chi connectivity index (χ4v) is 5.25. The van der Waals surface area contributed by atoms with Crippen molar-refractivity contribution in [2.75, 3.05) is 23.7 Å². The first-order valence-electron chi connectivity index (χ1n) is 11.6. The van der Waals surface area contributed by atoms with E-state index in [9.17, 15) is 22.8 Å². The molecular weight excluding hydrogens is 498 g/mol. The van der Waals surface area contributed by atoms with Crippen LogP contribution in [0.3, 0.4) is 0 Å². The number of hydrogen-bond donors (Lipinski definition) is 2. The van der Waals surface area contributed by atoms with E-state index in [1.807, 2.05) is 0 Å². The van der Waals surface area contributed by atoms with E-state index in [0.29, 0.717) is 18.7 Å². The van der Waals surface area contributed by atoms with Crippen LogP contribution < -0.4 is 10.6 Å². The van der Waals surface area contributed by atoms with Gasteiger partial charge in [-0.2, -0.15) is 4.31 Å². The molecule has 37 heavy (non-hydrogen) atoms. The van der Waals surface area contributed by atoms with Crippen molar-refractivity contribution in [3.8, 4) is 0 Å². The summed E-state index contributed by atoms with van der Waals surface area (Å²) in [6.07, 6.45) is 0.135. The molecule has 2 aromatic carbocycles. The van der Waals surface area contributed by atoms with Gasteiger partial charge in [-0.05, 0) is 55.8 Å². The van der Waals surface area contributed by atoms with Crippen LogP contribution >= 0.6 is 0 Å². The summed E-state index contributed by atoms with van der Waals surface area (Å²) in [7, 11) is -3.74. The van der Waals surface area contributed by atoms with Crippen molar-refractivity contribution in [1.29, 1.82) is 0 Å². The van der Waals surface area contributed by atoms with Crippen molar-refractivity contribution in [3.05, 3.63) is 77.7 Å². The third-order valence-electron chi connectivity index (χ3n) is 5.57. The number of nitrogens with zero attached hydrogens (tertiary/aromatic N) is 1. The second-order valence-electron chi connectivity index (χ2n) is 8.08. The van der Waals surface area contributed by atoms with Crippen molar-refractivity contribution in [2.45, 2.75) is 38.7 Å². The van der Waals surface area contributed by atoms with Gasteiger partial charge in [0.2, 0.25) is 10.0 Å². The van der Waals surface area contributed by atoms with Gasteiger partial charge in [-0.3, -0.25) is 9.59 Å². The number of ether oxygens (including phenoxy) is 1. The summed E-state index contributed by atoms with van der Waals surface area (Å²) >= 11 is 0. The highest BCUT2D eigenvalue weighted by atomic mass is 32.2. The topological polar surface area (TPSA) is 135 Å². The number of furan rings is 1. The zero-order valence-electron chi connectivity index (χ0n) is 21.0. The van der Waals surface area contributed by atoms with Crippen molar-refractivity contribution >= 4 is 39.2 Å². The zero-order chi connectivity index (χ0) is 27.2. The number of amides is 2. The molecule has 0 aliphatic heterocycles. The molecule has 1 heterocycles. The lowest BCUT2D eigenvalue weighted by atomic mass is 10.1. The van der Waals surface area contributed by atoms with Crippen LogP contribution in [-0.4, -0.2) is 49.7 Å². The maximum absolute atomic E-state index is 13.0. The fraction of sp³-hybridized carbons (Fsp3) is 0.269. The molecule has 0 radical (unpaired) electrons. The van der Waals surface area contributed by atoms with Crippen LogP contribution in [0.25, 0.3) is 0 Å². The van der Waals surface area contributed by atoms with Crippen LogP contribution in [0.5, 0.6) is 0 Å². The number of benzene rings is 2. The minimum Gasteiger partial charge on any atom is -0.459 e. The first kappa shape index (κ1) is 27.6. The lowest BCUT2D eigenvalue weighted by molar-refractivity contribution is -0.123. The minimum atomic E-state index is -3.74. The fourth-order valence-electron chi connectivity index (χ4n) is 3.54. The Balaban J connectivity index is 1.72. The highest BCUT2D eigenvalue weighted by Crippen LogP contribution is 2.24.